The zero-order valence-corrected chi connectivity index (χ0v) is 31.1. The molecule has 2 atom stereocenters. The second-order valence-electron chi connectivity index (χ2n) is 12.9. The molecule has 0 aliphatic carbocycles. The van der Waals surface area contributed by atoms with E-state index in [-0.39, 0.29) is 18.7 Å². The maximum absolute atomic E-state index is 14.5. The average molecular weight is 763 g/mol. The second kappa shape index (κ2) is 18.6. The Hall–Kier alpha value is -2.82. The minimum atomic E-state index is -5.16. The number of unbranched alkanes of at least 4 members (excludes halogenated alkanes) is 3. The SMILES string of the molecule is C=[C](C[C@@H](NC(=O)[C@H](Cc1ccccc1)NC(=O)C(F)(F)F)C(=O)N1CCCc2ccccc21)[Sn]([CH2]CCC)([CH2]CCC)[CH2]CCC. The number of fused-ring (bicyclic) bond motifs is 1. The molecule has 0 unspecified atom stereocenters. The molecule has 10 heteroatoms. The minimum absolute atomic E-state index is 0.157. The quantitative estimate of drug-likeness (QED) is 0.151. The third kappa shape index (κ3) is 11.1. The van der Waals surface area contributed by atoms with Gasteiger partial charge in [0.25, 0.3) is 0 Å². The molecule has 0 bridgehead atoms. The van der Waals surface area contributed by atoms with Crippen molar-refractivity contribution in [1.29, 1.82) is 0 Å². The molecule has 1 aliphatic heterocycles. The van der Waals surface area contributed by atoms with Gasteiger partial charge in [0.2, 0.25) is 0 Å². The van der Waals surface area contributed by atoms with Crippen LogP contribution in [0.25, 0.3) is 0 Å². The fourth-order valence-electron chi connectivity index (χ4n) is 6.64. The number of benzene rings is 2. The Kier molecular flexibility index (Phi) is 15.3. The van der Waals surface area contributed by atoms with Gasteiger partial charge >= 0.3 is 284 Å². The van der Waals surface area contributed by atoms with Crippen molar-refractivity contribution in [3.05, 3.63) is 75.9 Å². The van der Waals surface area contributed by atoms with Crippen LogP contribution in [0.4, 0.5) is 18.9 Å². The van der Waals surface area contributed by atoms with Crippen LogP contribution in [-0.2, 0) is 27.2 Å². The zero-order valence-electron chi connectivity index (χ0n) is 28.3. The van der Waals surface area contributed by atoms with E-state index in [0.29, 0.717) is 12.1 Å². The summed E-state index contributed by atoms with van der Waals surface area (Å²) in [6, 6.07) is 13.7. The van der Waals surface area contributed by atoms with Crippen LogP contribution >= 0.6 is 0 Å². The van der Waals surface area contributed by atoms with E-state index in [1.807, 2.05) is 29.6 Å². The van der Waals surface area contributed by atoms with E-state index in [1.54, 1.807) is 35.2 Å². The topological polar surface area (TPSA) is 78.5 Å². The van der Waals surface area contributed by atoms with Crippen molar-refractivity contribution in [2.75, 3.05) is 11.4 Å². The van der Waals surface area contributed by atoms with Crippen LogP contribution in [0, 0.1) is 0 Å². The first kappa shape index (κ1) is 38.6. The molecule has 3 amide bonds. The van der Waals surface area contributed by atoms with Gasteiger partial charge < -0.3 is 0 Å². The number of anilines is 1. The van der Waals surface area contributed by atoms with Crippen LogP contribution in [-0.4, -0.2) is 60.9 Å². The van der Waals surface area contributed by atoms with E-state index in [9.17, 15) is 27.6 Å². The van der Waals surface area contributed by atoms with Gasteiger partial charge in [-0.2, -0.15) is 0 Å². The molecule has 3 rings (SSSR count). The maximum atomic E-state index is 14.5. The number of amides is 3. The van der Waals surface area contributed by atoms with Crippen molar-refractivity contribution in [2.45, 2.75) is 117 Å². The molecule has 1 heterocycles. The van der Waals surface area contributed by atoms with Gasteiger partial charge in [-0.3, -0.25) is 0 Å². The normalized spacial score (nSPS) is 14.6. The Morgan fingerprint density at radius 2 is 1.43 bits per heavy atom. The van der Waals surface area contributed by atoms with Gasteiger partial charge in [0.05, 0.1) is 0 Å². The summed E-state index contributed by atoms with van der Waals surface area (Å²) in [6.45, 7) is 11.7. The van der Waals surface area contributed by atoms with Crippen molar-refractivity contribution in [1.82, 2.24) is 10.6 Å². The van der Waals surface area contributed by atoms with Gasteiger partial charge in [0.1, 0.15) is 0 Å². The number of rotatable bonds is 18. The van der Waals surface area contributed by atoms with E-state index in [2.05, 4.69) is 32.7 Å². The molecule has 0 spiro atoms. The summed E-state index contributed by atoms with van der Waals surface area (Å²) in [7, 11) is 0. The molecule has 0 saturated carbocycles. The molecule has 0 radical (unpaired) electrons. The number of hydrogen-bond donors (Lipinski definition) is 2. The summed E-state index contributed by atoms with van der Waals surface area (Å²) in [5.74, 6) is -3.31. The number of carbonyl (C=O) groups is 3. The molecular weight excluding hydrogens is 710 g/mol. The number of para-hydroxylation sites is 1. The summed E-state index contributed by atoms with van der Waals surface area (Å²) in [6.07, 6.45) is 2.99. The zero-order chi connectivity index (χ0) is 34.5. The summed E-state index contributed by atoms with van der Waals surface area (Å²) >= 11 is -3.09. The number of aryl methyl sites for hydroxylation is 1. The second-order valence-corrected chi connectivity index (χ2v) is 26.5. The van der Waals surface area contributed by atoms with E-state index in [4.69, 9.17) is 0 Å². The number of halogens is 3. The number of carbonyl (C=O) groups excluding carboxylic acids is 3. The average Bonchev–Trinajstić information content (AvgIpc) is 3.06. The van der Waals surface area contributed by atoms with E-state index in [0.717, 1.165) is 79.5 Å². The number of alkyl halides is 3. The Balaban J connectivity index is 2.01. The third-order valence-corrected chi connectivity index (χ3v) is 25.5. The van der Waals surface area contributed by atoms with Crippen LogP contribution in [0.1, 0.15) is 83.3 Å². The summed E-state index contributed by atoms with van der Waals surface area (Å²) < 4.78 is 44.6. The summed E-state index contributed by atoms with van der Waals surface area (Å²) in [5, 5.41) is 4.76. The van der Waals surface area contributed by atoms with Crippen molar-refractivity contribution in [2.24, 2.45) is 0 Å². The molecule has 258 valence electrons. The van der Waals surface area contributed by atoms with Crippen LogP contribution in [0.5, 0.6) is 0 Å². The Morgan fingerprint density at radius 3 is 2.00 bits per heavy atom. The van der Waals surface area contributed by atoms with Crippen LogP contribution in [0.15, 0.2) is 64.8 Å². The molecule has 0 saturated heterocycles. The molecule has 0 fully saturated rings. The van der Waals surface area contributed by atoms with Crippen molar-refractivity contribution >= 4 is 41.8 Å². The molecule has 2 aromatic rings. The Labute approximate surface area is 282 Å². The number of hydrogen-bond acceptors (Lipinski definition) is 3. The predicted octanol–water partition coefficient (Wildman–Crippen LogP) is 8.08. The van der Waals surface area contributed by atoms with Crippen molar-refractivity contribution in [3.63, 3.8) is 0 Å². The van der Waals surface area contributed by atoms with Crippen LogP contribution in [0.3, 0.4) is 0 Å². The van der Waals surface area contributed by atoms with Gasteiger partial charge in [0, 0.05) is 0 Å². The van der Waals surface area contributed by atoms with Gasteiger partial charge in [0.15, 0.2) is 0 Å². The van der Waals surface area contributed by atoms with E-state index < -0.39 is 48.5 Å². The molecular formula is C37H52F3N3O3Sn. The fraction of sp³-hybridized carbons (Fsp3) is 0.541. The molecule has 6 nitrogen and oxygen atoms in total. The van der Waals surface area contributed by atoms with Gasteiger partial charge in [-0.05, 0) is 0 Å². The van der Waals surface area contributed by atoms with Gasteiger partial charge in [-0.15, -0.1) is 0 Å². The van der Waals surface area contributed by atoms with Crippen molar-refractivity contribution in [3.8, 4) is 0 Å². The molecule has 1 aliphatic rings. The van der Waals surface area contributed by atoms with Gasteiger partial charge in [-0.25, -0.2) is 0 Å². The fourth-order valence-corrected chi connectivity index (χ4v) is 22.4. The van der Waals surface area contributed by atoms with Gasteiger partial charge in [-0.1, -0.05) is 0 Å². The molecule has 2 N–H and O–H groups in total. The molecule has 0 aromatic heterocycles. The van der Waals surface area contributed by atoms with Crippen LogP contribution < -0.4 is 15.5 Å². The van der Waals surface area contributed by atoms with Crippen LogP contribution in [0.2, 0.25) is 13.3 Å². The Bertz CT molecular complexity index is 1310. The monoisotopic (exact) mass is 763 g/mol. The number of nitrogens with zero attached hydrogens (tertiary/aromatic N) is 1. The molecule has 47 heavy (non-hydrogen) atoms. The van der Waals surface area contributed by atoms with Crippen molar-refractivity contribution < 1.29 is 27.6 Å². The Morgan fingerprint density at radius 1 is 0.851 bits per heavy atom. The first-order valence-electron chi connectivity index (χ1n) is 17.2. The number of nitrogens with one attached hydrogen (secondary N) is 2. The predicted molar refractivity (Wildman–Crippen MR) is 186 cm³/mol. The van der Waals surface area contributed by atoms with E-state index >= 15 is 0 Å². The first-order chi connectivity index (χ1) is 22.5. The summed E-state index contributed by atoms with van der Waals surface area (Å²) in [5.41, 5.74) is 2.41. The first-order valence-corrected chi connectivity index (χ1v) is 24.7. The third-order valence-electron chi connectivity index (χ3n) is 9.38. The summed E-state index contributed by atoms with van der Waals surface area (Å²) in [4.78, 5) is 42.2. The van der Waals surface area contributed by atoms with E-state index in [1.165, 1.54) is 0 Å². The molecule has 2 aromatic carbocycles. The standard InChI is InChI=1S/C25H25F3N3O3.3C4H9.Sn/c1-2-9-19(23(33)31-15-8-13-18-12-6-7-14-21(18)31)29-22(32)20(30-24(34)25(26,27)28)16-17-10-4-3-5-11-17;3*1-3-4-2;/h3-7,10-12,14,19-20H,1,8-9,13,15-16H2,(H,29,32)(H,30,34);3*1,3-4H2,2H3;/t19-,20+;;;;/m1..../s1.